The molecule has 0 aliphatic heterocycles. The Morgan fingerprint density at radius 1 is 1.06 bits per heavy atom. The van der Waals surface area contributed by atoms with Crippen molar-refractivity contribution in [1.82, 2.24) is 0 Å². The number of halogens is 3. The van der Waals surface area contributed by atoms with E-state index < -0.39 is 17.5 Å². The highest BCUT2D eigenvalue weighted by Gasteiger charge is 2.17. The van der Waals surface area contributed by atoms with Gasteiger partial charge in [-0.2, -0.15) is 0 Å². The summed E-state index contributed by atoms with van der Waals surface area (Å²) in [5.41, 5.74) is -0.226. The Labute approximate surface area is 94.7 Å². The first-order valence-corrected chi connectivity index (χ1v) is 4.75. The Morgan fingerprint density at radius 3 is 2.35 bits per heavy atom. The van der Waals surface area contributed by atoms with Crippen LogP contribution in [0.1, 0.15) is 17.5 Å². The Hall–Kier alpha value is -2.04. The molecule has 0 unspecified atom stereocenters. The lowest BCUT2D eigenvalue weighted by molar-refractivity contribution is 0.0988. The topological polar surface area (TPSA) is 30.2 Å². The van der Waals surface area contributed by atoms with Gasteiger partial charge in [0.25, 0.3) is 0 Å². The van der Waals surface area contributed by atoms with Crippen LogP contribution in [-0.2, 0) is 0 Å². The lowest BCUT2D eigenvalue weighted by Gasteiger charge is -2.01. The fourth-order valence-electron chi connectivity index (χ4n) is 1.39. The van der Waals surface area contributed by atoms with E-state index in [0.29, 0.717) is 0 Å². The molecule has 0 spiro atoms. The third kappa shape index (κ3) is 1.95. The number of ketones is 1. The molecule has 1 aromatic heterocycles. The van der Waals surface area contributed by atoms with Crippen LogP contribution in [0.25, 0.3) is 11.3 Å². The Kier molecular flexibility index (Phi) is 2.75. The molecule has 0 saturated heterocycles. The fraction of sp³-hybridized carbons (Fsp3) is 0.0833. The number of benzene rings is 1. The summed E-state index contributed by atoms with van der Waals surface area (Å²) >= 11 is 0. The smallest absolute Gasteiger partial charge is 0.195 e. The highest BCUT2D eigenvalue weighted by molar-refractivity contribution is 5.91. The second-order valence-electron chi connectivity index (χ2n) is 3.44. The number of rotatable bonds is 2. The van der Waals surface area contributed by atoms with E-state index in [1.807, 2.05) is 0 Å². The lowest BCUT2D eigenvalue weighted by Crippen LogP contribution is -1.93. The van der Waals surface area contributed by atoms with Crippen molar-refractivity contribution >= 4 is 5.78 Å². The van der Waals surface area contributed by atoms with Crippen LogP contribution in [0.4, 0.5) is 13.2 Å². The molecule has 0 atom stereocenters. The summed E-state index contributed by atoms with van der Waals surface area (Å²) in [7, 11) is 0. The van der Waals surface area contributed by atoms with Gasteiger partial charge in [-0.3, -0.25) is 4.79 Å². The highest BCUT2D eigenvalue weighted by Crippen LogP contribution is 2.27. The summed E-state index contributed by atoms with van der Waals surface area (Å²) in [6.45, 7) is 1.28. The minimum Gasteiger partial charge on any atom is -0.453 e. The molecule has 0 saturated carbocycles. The maximum absolute atomic E-state index is 13.4. The maximum atomic E-state index is 13.4. The van der Waals surface area contributed by atoms with E-state index in [1.54, 1.807) is 0 Å². The molecule has 0 N–H and O–H groups in total. The molecule has 2 rings (SSSR count). The molecule has 2 aromatic rings. The third-order valence-corrected chi connectivity index (χ3v) is 2.25. The van der Waals surface area contributed by atoms with Crippen LogP contribution in [0.2, 0.25) is 0 Å². The fourth-order valence-corrected chi connectivity index (χ4v) is 1.39. The highest BCUT2D eigenvalue weighted by atomic mass is 19.2. The van der Waals surface area contributed by atoms with Crippen molar-refractivity contribution in [3.63, 3.8) is 0 Å². The molecule has 0 amide bonds. The van der Waals surface area contributed by atoms with Gasteiger partial charge < -0.3 is 4.42 Å². The minimum absolute atomic E-state index is 0.0217. The van der Waals surface area contributed by atoms with Gasteiger partial charge in [0.2, 0.25) is 0 Å². The first-order valence-electron chi connectivity index (χ1n) is 4.75. The zero-order valence-corrected chi connectivity index (χ0v) is 8.76. The van der Waals surface area contributed by atoms with Crippen molar-refractivity contribution in [3.8, 4) is 11.3 Å². The van der Waals surface area contributed by atoms with Crippen molar-refractivity contribution in [2.75, 3.05) is 0 Å². The summed E-state index contributed by atoms with van der Waals surface area (Å²) in [5, 5.41) is 0. The summed E-state index contributed by atoms with van der Waals surface area (Å²) in [4.78, 5) is 11.0. The van der Waals surface area contributed by atoms with Gasteiger partial charge >= 0.3 is 0 Å². The average Bonchev–Trinajstić information content (AvgIpc) is 2.75. The van der Waals surface area contributed by atoms with E-state index >= 15 is 0 Å². The van der Waals surface area contributed by atoms with E-state index in [9.17, 15) is 18.0 Å². The first kappa shape index (κ1) is 11.4. The second kappa shape index (κ2) is 4.08. The number of furan rings is 1. The van der Waals surface area contributed by atoms with Crippen molar-refractivity contribution < 1.29 is 22.4 Å². The zero-order chi connectivity index (χ0) is 12.6. The van der Waals surface area contributed by atoms with Gasteiger partial charge in [0, 0.05) is 6.92 Å². The van der Waals surface area contributed by atoms with Gasteiger partial charge in [-0.25, -0.2) is 13.2 Å². The van der Waals surface area contributed by atoms with Gasteiger partial charge in [-0.15, -0.1) is 0 Å². The van der Waals surface area contributed by atoms with E-state index in [0.717, 1.165) is 12.1 Å². The monoisotopic (exact) mass is 240 g/mol. The summed E-state index contributed by atoms with van der Waals surface area (Å²) in [6, 6.07) is 4.52. The van der Waals surface area contributed by atoms with E-state index in [4.69, 9.17) is 4.42 Å². The van der Waals surface area contributed by atoms with Crippen LogP contribution in [0.15, 0.2) is 28.7 Å². The summed E-state index contributed by atoms with van der Waals surface area (Å²) in [5.74, 6) is -4.50. The van der Waals surface area contributed by atoms with E-state index in [2.05, 4.69) is 0 Å². The van der Waals surface area contributed by atoms with E-state index in [-0.39, 0.29) is 22.9 Å². The van der Waals surface area contributed by atoms with Gasteiger partial charge in [0.1, 0.15) is 5.76 Å². The van der Waals surface area contributed by atoms with Crippen LogP contribution in [0.3, 0.4) is 0 Å². The van der Waals surface area contributed by atoms with Crippen LogP contribution in [0, 0.1) is 17.5 Å². The van der Waals surface area contributed by atoms with Crippen LogP contribution in [-0.4, -0.2) is 5.78 Å². The van der Waals surface area contributed by atoms with Gasteiger partial charge in [-0.1, -0.05) is 0 Å². The van der Waals surface area contributed by atoms with Crippen molar-refractivity contribution in [2.45, 2.75) is 6.92 Å². The molecule has 5 heteroatoms. The molecule has 0 bridgehead atoms. The summed E-state index contributed by atoms with van der Waals surface area (Å²) < 4.78 is 44.1. The van der Waals surface area contributed by atoms with Crippen molar-refractivity contribution in [3.05, 3.63) is 47.5 Å². The number of Topliss-reactive ketones (excluding diaryl/α,β-unsaturated/α-hetero) is 1. The molecular weight excluding hydrogens is 233 g/mol. The second-order valence-corrected chi connectivity index (χ2v) is 3.44. The Morgan fingerprint density at radius 2 is 1.76 bits per heavy atom. The molecule has 1 aromatic carbocycles. The van der Waals surface area contributed by atoms with Crippen LogP contribution >= 0.6 is 0 Å². The molecule has 0 fully saturated rings. The third-order valence-electron chi connectivity index (χ3n) is 2.25. The SMILES string of the molecule is CC(=O)c1ccc(-c2ccc(F)c(F)c2F)o1. The van der Waals surface area contributed by atoms with Crippen molar-refractivity contribution in [2.24, 2.45) is 0 Å². The van der Waals surface area contributed by atoms with Crippen LogP contribution in [0.5, 0.6) is 0 Å². The molecule has 1 heterocycles. The predicted molar refractivity (Wildman–Crippen MR) is 54.0 cm³/mol. The van der Waals surface area contributed by atoms with Crippen molar-refractivity contribution in [1.29, 1.82) is 0 Å². The lowest BCUT2D eigenvalue weighted by atomic mass is 10.1. The first-order chi connectivity index (χ1) is 8.00. The Bertz CT molecular complexity index is 587. The van der Waals surface area contributed by atoms with Gasteiger partial charge in [0.05, 0.1) is 5.56 Å². The maximum Gasteiger partial charge on any atom is 0.195 e. The zero-order valence-electron chi connectivity index (χ0n) is 8.76. The normalized spacial score (nSPS) is 10.6. The molecular formula is C12H7F3O2. The molecule has 17 heavy (non-hydrogen) atoms. The number of hydrogen-bond donors (Lipinski definition) is 0. The number of carbonyl (C=O) groups excluding carboxylic acids is 1. The molecule has 0 aliphatic rings. The molecule has 88 valence electrons. The number of hydrogen-bond acceptors (Lipinski definition) is 2. The standard InChI is InChI=1S/C12H7F3O2/c1-6(16)9-4-5-10(17-9)7-2-3-8(13)12(15)11(7)14/h2-5H,1H3. The van der Waals surface area contributed by atoms with Gasteiger partial charge in [0.15, 0.2) is 29.0 Å². The summed E-state index contributed by atoms with van der Waals surface area (Å²) in [6.07, 6.45) is 0. The average molecular weight is 240 g/mol. The largest absolute Gasteiger partial charge is 0.453 e. The minimum atomic E-state index is -1.57. The van der Waals surface area contributed by atoms with E-state index in [1.165, 1.54) is 19.1 Å². The van der Waals surface area contributed by atoms with Crippen LogP contribution < -0.4 is 0 Å². The number of carbonyl (C=O) groups is 1. The Balaban J connectivity index is 2.53. The molecule has 0 aliphatic carbocycles. The molecule has 0 radical (unpaired) electrons. The molecule has 2 nitrogen and oxygen atoms in total. The quantitative estimate of drug-likeness (QED) is 0.593. The van der Waals surface area contributed by atoms with Gasteiger partial charge in [-0.05, 0) is 24.3 Å². The predicted octanol–water partition coefficient (Wildman–Crippen LogP) is 3.57.